The summed E-state index contributed by atoms with van der Waals surface area (Å²) in [7, 11) is 0. The Kier molecular flexibility index (Phi) is 4.72. The van der Waals surface area contributed by atoms with E-state index in [0.29, 0.717) is 0 Å². The van der Waals surface area contributed by atoms with Gasteiger partial charge in [0.1, 0.15) is 0 Å². The Morgan fingerprint density at radius 2 is 2.00 bits per heavy atom. The summed E-state index contributed by atoms with van der Waals surface area (Å²) >= 11 is 1.88. The maximum atomic E-state index is 4.33. The van der Waals surface area contributed by atoms with E-state index in [-0.39, 0.29) is 6.04 Å². The molecule has 1 unspecified atom stereocenters. The van der Waals surface area contributed by atoms with Crippen LogP contribution in [-0.2, 0) is 0 Å². The van der Waals surface area contributed by atoms with E-state index in [2.05, 4.69) is 50.1 Å². The Labute approximate surface area is 119 Å². The highest BCUT2D eigenvalue weighted by atomic mass is 32.1. The average molecular weight is 274 g/mol. The SMILES string of the molecule is CCCNC(c1cncc(C)c1)c1cc(C)c(C)s1. The number of hydrogen-bond donors (Lipinski definition) is 1. The molecule has 0 aliphatic carbocycles. The van der Waals surface area contributed by atoms with E-state index >= 15 is 0 Å². The van der Waals surface area contributed by atoms with Crippen molar-refractivity contribution in [2.75, 3.05) is 6.54 Å². The number of pyridine rings is 1. The average Bonchev–Trinajstić information content (AvgIpc) is 2.70. The molecule has 102 valence electrons. The van der Waals surface area contributed by atoms with Crippen molar-refractivity contribution in [3.05, 3.63) is 51.0 Å². The smallest absolute Gasteiger partial charge is 0.0686 e. The van der Waals surface area contributed by atoms with Crippen LogP contribution in [0.1, 0.15) is 45.8 Å². The first kappa shape index (κ1) is 14.2. The molecule has 0 radical (unpaired) electrons. The van der Waals surface area contributed by atoms with Crippen LogP contribution in [-0.4, -0.2) is 11.5 Å². The van der Waals surface area contributed by atoms with Crippen LogP contribution < -0.4 is 5.32 Å². The molecule has 0 saturated heterocycles. The Morgan fingerprint density at radius 3 is 2.58 bits per heavy atom. The summed E-state index contributed by atoms with van der Waals surface area (Å²) in [5.41, 5.74) is 3.85. The van der Waals surface area contributed by atoms with Gasteiger partial charge in [0.05, 0.1) is 6.04 Å². The van der Waals surface area contributed by atoms with Gasteiger partial charge in [0, 0.05) is 22.1 Å². The topological polar surface area (TPSA) is 24.9 Å². The summed E-state index contributed by atoms with van der Waals surface area (Å²) in [4.78, 5) is 7.12. The zero-order chi connectivity index (χ0) is 13.8. The minimum atomic E-state index is 0.268. The molecule has 1 N–H and O–H groups in total. The molecule has 2 aromatic heterocycles. The lowest BCUT2D eigenvalue weighted by atomic mass is 10.1. The molecule has 0 fully saturated rings. The fourth-order valence-electron chi connectivity index (χ4n) is 2.15. The van der Waals surface area contributed by atoms with Crippen molar-refractivity contribution in [3.8, 4) is 0 Å². The normalized spacial score (nSPS) is 12.6. The molecular weight excluding hydrogens is 252 g/mol. The molecular formula is C16H22N2S. The van der Waals surface area contributed by atoms with Crippen LogP contribution in [0, 0.1) is 20.8 Å². The standard InChI is InChI=1S/C16H22N2S/c1-5-6-18-16(14-7-11(2)9-17-10-14)15-8-12(3)13(4)19-15/h7-10,16,18H,5-6H2,1-4H3. The summed E-state index contributed by atoms with van der Waals surface area (Å²) < 4.78 is 0. The quantitative estimate of drug-likeness (QED) is 0.885. The van der Waals surface area contributed by atoms with E-state index in [1.165, 1.54) is 26.4 Å². The van der Waals surface area contributed by atoms with Crippen LogP contribution >= 0.6 is 11.3 Å². The van der Waals surface area contributed by atoms with E-state index in [9.17, 15) is 0 Å². The molecule has 2 nitrogen and oxygen atoms in total. The van der Waals surface area contributed by atoms with E-state index in [4.69, 9.17) is 0 Å². The molecule has 0 amide bonds. The molecule has 19 heavy (non-hydrogen) atoms. The van der Waals surface area contributed by atoms with Gasteiger partial charge in [0.25, 0.3) is 0 Å². The predicted molar refractivity (Wildman–Crippen MR) is 82.9 cm³/mol. The fourth-order valence-corrected chi connectivity index (χ4v) is 3.30. The first-order chi connectivity index (χ1) is 9.11. The predicted octanol–water partition coefficient (Wildman–Crippen LogP) is 4.16. The lowest BCUT2D eigenvalue weighted by molar-refractivity contribution is 0.604. The van der Waals surface area contributed by atoms with Crippen LogP contribution in [0.25, 0.3) is 0 Å². The van der Waals surface area contributed by atoms with Gasteiger partial charge in [-0.05, 0) is 56.5 Å². The zero-order valence-corrected chi connectivity index (χ0v) is 13.0. The minimum Gasteiger partial charge on any atom is -0.306 e. The van der Waals surface area contributed by atoms with Gasteiger partial charge in [-0.3, -0.25) is 4.98 Å². The Morgan fingerprint density at radius 1 is 1.21 bits per heavy atom. The van der Waals surface area contributed by atoms with Crippen LogP contribution in [0.4, 0.5) is 0 Å². The second-order valence-corrected chi connectivity index (χ2v) is 6.36. The van der Waals surface area contributed by atoms with Crippen molar-refractivity contribution in [1.29, 1.82) is 0 Å². The highest BCUT2D eigenvalue weighted by Crippen LogP contribution is 2.30. The summed E-state index contributed by atoms with van der Waals surface area (Å²) in [5.74, 6) is 0. The zero-order valence-electron chi connectivity index (χ0n) is 12.2. The Hall–Kier alpha value is -1.19. The highest BCUT2D eigenvalue weighted by molar-refractivity contribution is 7.12. The monoisotopic (exact) mass is 274 g/mol. The lowest BCUT2D eigenvalue weighted by Crippen LogP contribution is -2.22. The molecule has 1 atom stereocenters. The molecule has 0 bridgehead atoms. The van der Waals surface area contributed by atoms with Crippen LogP contribution in [0.5, 0.6) is 0 Å². The number of aryl methyl sites for hydroxylation is 3. The molecule has 0 aliphatic rings. The molecule has 2 heterocycles. The van der Waals surface area contributed by atoms with Gasteiger partial charge < -0.3 is 5.32 Å². The third kappa shape index (κ3) is 3.43. The fraction of sp³-hybridized carbons (Fsp3) is 0.438. The number of rotatable bonds is 5. The Balaban J connectivity index is 2.35. The van der Waals surface area contributed by atoms with Gasteiger partial charge in [0.15, 0.2) is 0 Å². The van der Waals surface area contributed by atoms with Crippen molar-refractivity contribution in [3.63, 3.8) is 0 Å². The van der Waals surface area contributed by atoms with Crippen molar-refractivity contribution < 1.29 is 0 Å². The minimum absolute atomic E-state index is 0.268. The highest BCUT2D eigenvalue weighted by Gasteiger charge is 2.16. The third-order valence-electron chi connectivity index (χ3n) is 3.30. The van der Waals surface area contributed by atoms with Crippen molar-refractivity contribution in [2.24, 2.45) is 0 Å². The number of hydrogen-bond acceptors (Lipinski definition) is 3. The molecule has 0 aliphatic heterocycles. The maximum absolute atomic E-state index is 4.33. The summed E-state index contributed by atoms with van der Waals surface area (Å²) in [6.45, 7) is 9.69. The van der Waals surface area contributed by atoms with Gasteiger partial charge in [-0.15, -0.1) is 11.3 Å². The van der Waals surface area contributed by atoms with Gasteiger partial charge in [-0.25, -0.2) is 0 Å². The first-order valence-electron chi connectivity index (χ1n) is 6.83. The van der Waals surface area contributed by atoms with Crippen LogP contribution in [0.3, 0.4) is 0 Å². The maximum Gasteiger partial charge on any atom is 0.0686 e. The van der Waals surface area contributed by atoms with Crippen molar-refractivity contribution in [1.82, 2.24) is 10.3 Å². The van der Waals surface area contributed by atoms with Gasteiger partial charge in [-0.1, -0.05) is 13.0 Å². The molecule has 0 aromatic carbocycles. The van der Waals surface area contributed by atoms with Crippen molar-refractivity contribution in [2.45, 2.75) is 40.2 Å². The molecule has 2 rings (SSSR count). The van der Waals surface area contributed by atoms with Gasteiger partial charge in [0.2, 0.25) is 0 Å². The molecule has 0 spiro atoms. The number of aromatic nitrogens is 1. The largest absolute Gasteiger partial charge is 0.306 e. The summed E-state index contributed by atoms with van der Waals surface area (Å²) in [6, 6.07) is 4.80. The van der Waals surface area contributed by atoms with Crippen molar-refractivity contribution >= 4 is 11.3 Å². The van der Waals surface area contributed by atoms with Crippen LogP contribution in [0.15, 0.2) is 24.5 Å². The summed E-state index contributed by atoms with van der Waals surface area (Å²) in [5, 5.41) is 3.64. The second-order valence-electron chi connectivity index (χ2n) is 5.07. The molecule has 2 aromatic rings. The van der Waals surface area contributed by atoms with E-state index < -0.39 is 0 Å². The number of nitrogens with one attached hydrogen (secondary N) is 1. The summed E-state index contributed by atoms with van der Waals surface area (Å²) in [6.07, 6.45) is 5.02. The van der Waals surface area contributed by atoms with E-state index in [1.807, 2.05) is 23.7 Å². The van der Waals surface area contributed by atoms with Gasteiger partial charge in [-0.2, -0.15) is 0 Å². The van der Waals surface area contributed by atoms with Crippen LogP contribution in [0.2, 0.25) is 0 Å². The first-order valence-corrected chi connectivity index (χ1v) is 7.65. The second kappa shape index (κ2) is 6.31. The van der Waals surface area contributed by atoms with Gasteiger partial charge >= 0.3 is 0 Å². The number of thiophene rings is 1. The lowest BCUT2D eigenvalue weighted by Gasteiger charge is -2.17. The Bertz CT molecular complexity index is 526. The number of nitrogens with zero attached hydrogens (tertiary/aromatic N) is 1. The third-order valence-corrected chi connectivity index (χ3v) is 4.51. The molecule has 0 saturated carbocycles. The molecule has 3 heteroatoms. The van der Waals surface area contributed by atoms with E-state index in [1.54, 1.807) is 0 Å². The van der Waals surface area contributed by atoms with E-state index in [0.717, 1.165) is 13.0 Å².